The Morgan fingerprint density at radius 1 is 1.13 bits per heavy atom. The third-order valence-electron chi connectivity index (χ3n) is 2.42. The lowest BCUT2D eigenvalue weighted by molar-refractivity contribution is 0.976. The van der Waals surface area contributed by atoms with Gasteiger partial charge in [0.25, 0.3) is 0 Å². The van der Waals surface area contributed by atoms with Crippen molar-refractivity contribution in [2.45, 2.75) is 19.1 Å². The lowest BCUT2D eigenvalue weighted by Crippen LogP contribution is -1.97. The van der Waals surface area contributed by atoms with Crippen molar-refractivity contribution in [2.24, 2.45) is 5.92 Å². The Kier molecular flexibility index (Phi) is 3.20. The van der Waals surface area contributed by atoms with Crippen molar-refractivity contribution in [1.29, 1.82) is 15.8 Å². The van der Waals surface area contributed by atoms with E-state index in [1.54, 1.807) is 13.8 Å². The Bertz CT molecular complexity index is 443. The molecule has 0 aromatic carbocycles. The highest BCUT2D eigenvalue weighted by Crippen LogP contribution is 2.52. The molecule has 1 aliphatic carbocycles. The van der Waals surface area contributed by atoms with Crippen LogP contribution in [0.1, 0.15) is 13.8 Å². The summed E-state index contributed by atoms with van der Waals surface area (Å²) in [4.78, 5) is 0. The molecule has 74 valence electrons. The molecule has 1 aliphatic rings. The number of hydrogen-bond acceptors (Lipinski definition) is 4. The molecule has 0 spiro atoms. The van der Waals surface area contributed by atoms with Crippen LogP contribution in [0.4, 0.5) is 0 Å². The molecular formula is C11H9N3S. The van der Waals surface area contributed by atoms with Gasteiger partial charge in [-0.2, -0.15) is 28.4 Å². The van der Waals surface area contributed by atoms with Crippen LogP contribution in [0.2, 0.25) is 0 Å². The summed E-state index contributed by atoms with van der Waals surface area (Å²) >= 11 is 4.12. The molecule has 2 atom stereocenters. The third-order valence-corrected chi connectivity index (χ3v) is 2.83. The van der Waals surface area contributed by atoms with Crippen molar-refractivity contribution < 1.29 is 0 Å². The average Bonchev–Trinajstić information content (AvgIpc) is 3.00. The SMILES string of the molecule is C/C(C#N)=C1/C(=C(\C)C#N)C1C(S)C#N. The lowest BCUT2D eigenvalue weighted by atomic mass is 10.2. The van der Waals surface area contributed by atoms with Crippen LogP contribution < -0.4 is 0 Å². The van der Waals surface area contributed by atoms with Crippen molar-refractivity contribution in [2.75, 3.05) is 0 Å². The summed E-state index contributed by atoms with van der Waals surface area (Å²) < 4.78 is 0. The van der Waals surface area contributed by atoms with Crippen LogP contribution in [0.15, 0.2) is 22.3 Å². The fourth-order valence-corrected chi connectivity index (χ4v) is 1.92. The number of rotatable bonds is 1. The maximum atomic E-state index is 8.77. The van der Waals surface area contributed by atoms with E-state index in [1.165, 1.54) is 0 Å². The molecule has 0 amide bonds. The van der Waals surface area contributed by atoms with Crippen molar-refractivity contribution in [3.63, 3.8) is 0 Å². The molecule has 4 heteroatoms. The van der Waals surface area contributed by atoms with Gasteiger partial charge in [-0.15, -0.1) is 0 Å². The molecule has 3 nitrogen and oxygen atoms in total. The van der Waals surface area contributed by atoms with Crippen molar-refractivity contribution in [1.82, 2.24) is 0 Å². The van der Waals surface area contributed by atoms with Crippen molar-refractivity contribution in [3.05, 3.63) is 22.3 Å². The Morgan fingerprint density at radius 3 is 1.80 bits per heavy atom. The Hall–Kier alpha value is -1.70. The van der Waals surface area contributed by atoms with Gasteiger partial charge in [0.05, 0.1) is 23.5 Å². The van der Waals surface area contributed by atoms with Crippen LogP contribution in [0.5, 0.6) is 0 Å². The van der Waals surface area contributed by atoms with Crippen LogP contribution >= 0.6 is 12.6 Å². The minimum atomic E-state index is -0.471. The van der Waals surface area contributed by atoms with E-state index in [2.05, 4.69) is 12.6 Å². The molecule has 0 bridgehead atoms. The highest BCUT2D eigenvalue weighted by Gasteiger charge is 2.45. The lowest BCUT2D eigenvalue weighted by Gasteiger charge is -1.92. The normalized spacial score (nSPS) is 26.8. The summed E-state index contributed by atoms with van der Waals surface area (Å²) in [6, 6.07) is 6.10. The summed E-state index contributed by atoms with van der Waals surface area (Å²) in [5.74, 6) is -0.141. The van der Waals surface area contributed by atoms with Gasteiger partial charge in [-0.25, -0.2) is 0 Å². The maximum absolute atomic E-state index is 8.77. The Balaban J connectivity index is 3.22. The van der Waals surface area contributed by atoms with Crippen LogP contribution in [0.3, 0.4) is 0 Å². The molecule has 1 saturated carbocycles. The van der Waals surface area contributed by atoms with Crippen LogP contribution in [0.25, 0.3) is 0 Å². The standard InChI is InChI=1S/C11H9N3S/c1-6(3-12)9-10(7(2)4-13)11(9)8(15)5-14/h8,11,15H,1-2H3/b9-6-,10-7+. The first kappa shape index (κ1) is 11.4. The van der Waals surface area contributed by atoms with Gasteiger partial charge in [0.1, 0.15) is 0 Å². The van der Waals surface area contributed by atoms with E-state index in [0.717, 1.165) is 11.1 Å². The first-order valence-electron chi connectivity index (χ1n) is 4.38. The first-order valence-corrected chi connectivity index (χ1v) is 4.89. The molecule has 0 aromatic rings. The topological polar surface area (TPSA) is 71.4 Å². The van der Waals surface area contributed by atoms with Crippen molar-refractivity contribution in [3.8, 4) is 18.2 Å². The van der Waals surface area contributed by atoms with Gasteiger partial charge in [0, 0.05) is 17.1 Å². The molecule has 1 fully saturated rings. The van der Waals surface area contributed by atoms with Gasteiger partial charge >= 0.3 is 0 Å². The van der Waals surface area contributed by atoms with Gasteiger partial charge in [-0.1, -0.05) is 0 Å². The van der Waals surface area contributed by atoms with E-state index in [1.807, 2.05) is 18.2 Å². The molecule has 0 saturated heterocycles. The van der Waals surface area contributed by atoms with Crippen LogP contribution in [0, 0.1) is 39.9 Å². The highest BCUT2D eigenvalue weighted by atomic mass is 32.1. The number of nitriles is 3. The quantitative estimate of drug-likeness (QED) is 0.538. The second-order valence-electron chi connectivity index (χ2n) is 3.35. The molecule has 15 heavy (non-hydrogen) atoms. The second kappa shape index (κ2) is 4.22. The number of allylic oxidation sites excluding steroid dienone is 4. The van der Waals surface area contributed by atoms with Gasteiger partial charge < -0.3 is 0 Å². The van der Waals surface area contributed by atoms with Crippen LogP contribution in [-0.4, -0.2) is 5.25 Å². The van der Waals surface area contributed by atoms with E-state index in [4.69, 9.17) is 15.8 Å². The minimum absolute atomic E-state index is 0.141. The number of hydrogen-bond donors (Lipinski definition) is 1. The van der Waals surface area contributed by atoms with E-state index in [-0.39, 0.29) is 5.92 Å². The predicted molar refractivity (Wildman–Crippen MR) is 58.5 cm³/mol. The molecule has 0 aromatic heterocycles. The minimum Gasteiger partial charge on any atom is -0.197 e. The summed E-state index contributed by atoms with van der Waals surface area (Å²) in [6.45, 7) is 3.38. The van der Waals surface area contributed by atoms with E-state index < -0.39 is 5.25 Å². The molecule has 0 aliphatic heterocycles. The smallest absolute Gasteiger partial charge is 0.0997 e. The predicted octanol–water partition coefficient (Wildman–Crippen LogP) is 2.12. The largest absolute Gasteiger partial charge is 0.197 e. The molecule has 2 unspecified atom stereocenters. The fraction of sp³-hybridized carbons (Fsp3) is 0.364. The summed E-state index contributed by atoms with van der Waals surface area (Å²) in [7, 11) is 0. The summed E-state index contributed by atoms with van der Waals surface area (Å²) in [6.07, 6.45) is 0. The molecule has 1 rings (SSSR count). The monoisotopic (exact) mass is 215 g/mol. The van der Waals surface area contributed by atoms with Gasteiger partial charge in [0.15, 0.2) is 0 Å². The zero-order valence-electron chi connectivity index (χ0n) is 8.44. The summed E-state index contributed by atoms with van der Waals surface area (Å²) in [5.41, 5.74) is 2.77. The molecule has 0 N–H and O–H groups in total. The van der Waals surface area contributed by atoms with E-state index in [0.29, 0.717) is 11.1 Å². The number of thiol groups is 1. The van der Waals surface area contributed by atoms with Crippen molar-refractivity contribution >= 4 is 12.6 Å². The van der Waals surface area contributed by atoms with E-state index >= 15 is 0 Å². The van der Waals surface area contributed by atoms with Crippen LogP contribution in [-0.2, 0) is 0 Å². The van der Waals surface area contributed by atoms with Gasteiger partial charge in [-0.05, 0) is 25.0 Å². The highest BCUT2D eigenvalue weighted by molar-refractivity contribution is 7.81. The third kappa shape index (κ3) is 1.89. The van der Waals surface area contributed by atoms with E-state index in [9.17, 15) is 0 Å². The maximum Gasteiger partial charge on any atom is 0.0997 e. The number of nitrogens with zero attached hydrogens (tertiary/aromatic N) is 3. The Morgan fingerprint density at radius 2 is 1.53 bits per heavy atom. The summed E-state index contributed by atoms with van der Waals surface area (Å²) in [5, 5.41) is 25.8. The first-order chi connectivity index (χ1) is 7.08. The molecule has 0 radical (unpaired) electrons. The molecular weight excluding hydrogens is 206 g/mol. The van der Waals surface area contributed by atoms with Gasteiger partial charge in [-0.3, -0.25) is 0 Å². The zero-order valence-corrected chi connectivity index (χ0v) is 9.34. The second-order valence-corrected chi connectivity index (χ2v) is 3.91. The Labute approximate surface area is 94.3 Å². The fourth-order valence-electron chi connectivity index (χ4n) is 1.62. The average molecular weight is 215 g/mol. The van der Waals surface area contributed by atoms with Gasteiger partial charge in [0.2, 0.25) is 0 Å². The zero-order chi connectivity index (χ0) is 11.6. The molecule has 0 heterocycles.